The first-order valence-electron chi connectivity index (χ1n) is 6.39. The van der Waals surface area contributed by atoms with Crippen LogP contribution in [0.25, 0.3) is 0 Å². The molecule has 0 atom stereocenters. The molecule has 1 aromatic heterocycles. The SMILES string of the molecule is CC(C)Oc1nc(NN)nc(NCCCCCO)n1. The minimum Gasteiger partial charge on any atom is -0.461 e. The number of rotatable bonds is 9. The first kappa shape index (κ1) is 15.4. The summed E-state index contributed by atoms with van der Waals surface area (Å²) in [6.07, 6.45) is 2.66. The van der Waals surface area contributed by atoms with E-state index in [1.54, 1.807) is 0 Å². The van der Waals surface area contributed by atoms with Crippen molar-refractivity contribution in [3.05, 3.63) is 0 Å². The summed E-state index contributed by atoms with van der Waals surface area (Å²) in [5, 5.41) is 11.8. The number of anilines is 2. The maximum atomic E-state index is 8.68. The van der Waals surface area contributed by atoms with Gasteiger partial charge in [0.2, 0.25) is 11.9 Å². The fourth-order valence-corrected chi connectivity index (χ4v) is 1.38. The number of nitrogens with one attached hydrogen (secondary N) is 2. The second-order valence-electron chi connectivity index (χ2n) is 4.29. The van der Waals surface area contributed by atoms with Crippen LogP contribution in [0.2, 0.25) is 0 Å². The van der Waals surface area contributed by atoms with Crippen LogP contribution in [0.5, 0.6) is 6.01 Å². The Bertz CT molecular complexity index is 374. The van der Waals surface area contributed by atoms with E-state index in [1.807, 2.05) is 13.8 Å². The van der Waals surface area contributed by atoms with Crippen molar-refractivity contribution < 1.29 is 9.84 Å². The van der Waals surface area contributed by atoms with Gasteiger partial charge in [0, 0.05) is 13.2 Å². The van der Waals surface area contributed by atoms with Gasteiger partial charge in [-0.2, -0.15) is 15.0 Å². The van der Waals surface area contributed by atoms with Gasteiger partial charge in [0.05, 0.1) is 6.10 Å². The molecular formula is C11H22N6O2. The van der Waals surface area contributed by atoms with Gasteiger partial charge in [-0.1, -0.05) is 0 Å². The van der Waals surface area contributed by atoms with Crippen molar-refractivity contribution in [2.45, 2.75) is 39.2 Å². The van der Waals surface area contributed by atoms with E-state index < -0.39 is 0 Å². The predicted molar refractivity (Wildman–Crippen MR) is 72.8 cm³/mol. The molecule has 0 radical (unpaired) electrons. The number of aromatic nitrogens is 3. The van der Waals surface area contributed by atoms with Crippen LogP contribution in [-0.2, 0) is 0 Å². The summed E-state index contributed by atoms with van der Waals surface area (Å²) in [6, 6.07) is 0.232. The fourth-order valence-electron chi connectivity index (χ4n) is 1.38. The molecule has 0 aliphatic carbocycles. The van der Waals surface area contributed by atoms with E-state index in [4.69, 9.17) is 15.7 Å². The van der Waals surface area contributed by atoms with E-state index in [9.17, 15) is 0 Å². The molecule has 0 spiro atoms. The highest BCUT2D eigenvalue weighted by molar-refractivity contribution is 5.34. The van der Waals surface area contributed by atoms with Gasteiger partial charge in [-0.3, -0.25) is 5.43 Å². The van der Waals surface area contributed by atoms with Gasteiger partial charge in [0.15, 0.2) is 0 Å². The summed E-state index contributed by atoms with van der Waals surface area (Å²) in [7, 11) is 0. The molecule has 0 aromatic carbocycles. The van der Waals surface area contributed by atoms with Crippen LogP contribution in [0.4, 0.5) is 11.9 Å². The summed E-state index contributed by atoms with van der Waals surface area (Å²) < 4.78 is 5.41. The van der Waals surface area contributed by atoms with Crippen LogP contribution < -0.4 is 21.3 Å². The topological polar surface area (TPSA) is 118 Å². The predicted octanol–water partition coefficient (Wildman–Crippen LogP) is 0.519. The number of hydrogen-bond donors (Lipinski definition) is 4. The number of ether oxygens (including phenoxy) is 1. The number of hydrazine groups is 1. The third-order valence-corrected chi connectivity index (χ3v) is 2.20. The van der Waals surface area contributed by atoms with Crippen molar-refractivity contribution >= 4 is 11.9 Å². The van der Waals surface area contributed by atoms with E-state index in [0.717, 1.165) is 25.8 Å². The molecule has 0 unspecified atom stereocenters. The van der Waals surface area contributed by atoms with Gasteiger partial charge in [0.1, 0.15) is 0 Å². The average molecular weight is 270 g/mol. The third-order valence-electron chi connectivity index (χ3n) is 2.20. The number of nitrogens with two attached hydrogens (primary N) is 1. The molecule has 0 bridgehead atoms. The minimum atomic E-state index is -0.0228. The first-order valence-corrected chi connectivity index (χ1v) is 6.39. The van der Waals surface area contributed by atoms with Crippen molar-refractivity contribution in [3.63, 3.8) is 0 Å². The zero-order valence-corrected chi connectivity index (χ0v) is 11.4. The van der Waals surface area contributed by atoms with Crippen molar-refractivity contribution in [2.24, 2.45) is 5.84 Å². The monoisotopic (exact) mass is 270 g/mol. The van der Waals surface area contributed by atoms with E-state index in [2.05, 4.69) is 25.7 Å². The number of unbranched alkanes of at least 4 members (excludes halogenated alkanes) is 2. The molecule has 108 valence electrons. The molecule has 5 N–H and O–H groups in total. The molecule has 1 heterocycles. The minimum absolute atomic E-state index is 0.0228. The smallest absolute Gasteiger partial charge is 0.323 e. The van der Waals surface area contributed by atoms with Crippen LogP contribution in [0.3, 0.4) is 0 Å². The summed E-state index contributed by atoms with van der Waals surface area (Å²) in [5.41, 5.74) is 2.38. The largest absolute Gasteiger partial charge is 0.461 e. The van der Waals surface area contributed by atoms with Crippen LogP contribution in [0, 0.1) is 0 Å². The molecule has 1 rings (SSSR count). The molecule has 0 amide bonds. The van der Waals surface area contributed by atoms with Crippen LogP contribution >= 0.6 is 0 Å². The van der Waals surface area contributed by atoms with E-state index >= 15 is 0 Å². The number of hydrogen-bond acceptors (Lipinski definition) is 8. The summed E-state index contributed by atoms with van der Waals surface area (Å²) in [5.74, 6) is 5.97. The highest BCUT2D eigenvalue weighted by Crippen LogP contribution is 2.12. The molecule has 0 aliphatic heterocycles. The lowest BCUT2D eigenvalue weighted by Gasteiger charge is -2.10. The van der Waals surface area contributed by atoms with Gasteiger partial charge < -0.3 is 15.2 Å². The van der Waals surface area contributed by atoms with Crippen molar-refractivity contribution in [2.75, 3.05) is 23.9 Å². The normalized spacial score (nSPS) is 10.6. The molecule has 19 heavy (non-hydrogen) atoms. The molecular weight excluding hydrogens is 248 g/mol. The maximum absolute atomic E-state index is 8.68. The molecule has 8 nitrogen and oxygen atoms in total. The number of aliphatic hydroxyl groups is 1. The quantitative estimate of drug-likeness (QED) is 0.291. The summed E-state index contributed by atoms with van der Waals surface area (Å²) in [6.45, 7) is 4.72. The Morgan fingerprint density at radius 1 is 1.16 bits per heavy atom. The molecule has 8 heteroatoms. The average Bonchev–Trinajstić information content (AvgIpc) is 2.37. The van der Waals surface area contributed by atoms with Crippen molar-refractivity contribution in [1.82, 2.24) is 15.0 Å². The zero-order chi connectivity index (χ0) is 14.1. The van der Waals surface area contributed by atoms with Crippen LogP contribution in [-0.4, -0.2) is 39.3 Å². The maximum Gasteiger partial charge on any atom is 0.323 e. The Hall–Kier alpha value is -1.67. The standard InChI is InChI=1S/C11H22N6O2/c1-8(2)19-11-15-9(14-10(16-11)17-12)13-6-4-3-5-7-18/h8,18H,3-7,12H2,1-2H3,(H2,13,14,15,16,17). The molecule has 1 aromatic rings. The van der Waals surface area contributed by atoms with E-state index in [0.29, 0.717) is 5.95 Å². The van der Waals surface area contributed by atoms with Crippen molar-refractivity contribution in [1.29, 1.82) is 0 Å². The molecule has 0 aliphatic rings. The Kier molecular flexibility index (Phi) is 6.83. The first-order chi connectivity index (χ1) is 9.15. The van der Waals surface area contributed by atoms with Crippen LogP contribution in [0.15, 0.2) is 0 Å². The Morgan fingerprint density at radius 2 is 1.89 bits per heavy atom. The van der Waals surface area contributed by atoms with Gasteiger partial charge in [0.25, 0.3) is 0 Å². The Morgan fingerprint density at radius 3 is 2.53 bits per heavy atom. The number of nitrogen functional groups attached to an aromatic ring is 1. The third kappa shape index (κ3) is 6.16. The lowest BCUT2D eigenvalue weighted by atomic mass is 10.2. The second-order valence-corrected chi connectivity index (χ2v) is 4.29. The second kappa shape index (κ2) is 8.44. The van der Waals surface area contributed by atoms with E-state index in [-0.39, 0.29) is 24.7 Å². The summed E-state index contributed by atoms with van der Waals surface area (Å²) in [4.78, 5) is 12.2. The fraction of sp³-hybridized carbons (Fsp3) is 0.727. The van der Waals surface area contributed by atoms with Crippen molar-refractivity contribution in [3.8, 4) is 6.01 Å². The molecule has 0 fully saturated rings. The zero-order valence-electron chi connectivity index (χ0n) is 11.4. The lowest BCUT2D eigenvalue weighted by molar-refractivity contribution is 0.222. The number of nitrogens with zero attached hydrogens (tertiary/aromatic N) is 3. The number of aliphatic hydroxyl groups excluding tert-OH is 1. The lowest BCUT2D eigenvalue weighted by Crippen LogP contribution is -2.16. The van der Waals surface area contributed by atoms with Gasteiger partial charge in [-0.25, -0.2) is 5.84 Å². The van der Waals surface area contributed by atoms with Gasteiger partial charge >= 0.3 is 6.01 Å². The Balaban J connectivity index is 2.55. The highest BCUT2D eigenvalue weighted by atomic mass is 16.5. The molecule has 0 saturated heterocycles. The van der Waals surface area contributed by atoms with Gasteiger partial charge in [-0.15, -0.1) is 0 Å². The van der Waals surface area contributed by atoms with Gasteiger partial charge in [-0.05, 0) is 33.1 Å². The summed E-state index contributed by atoms with van der Waals surface area (Å²) >= 11 is 0. The van der Waals surface area contributed by atoms with E-state index in [1.165, 1.54) is 0 Å². The Labute approximate surface area is 112 Å². The van der Waals surface area contributed by atoms with Crippen LogP contribution in [0.1, 0.15) is 33.1 Å². The highest BCUT2D eigenvalue weighted by Gasteiger charge is 2.07. The molecule has 0 saturated carbocycles.